The van der Waals surface area contributed by atoms with Crippen molar-refractivity contribution in [1.82, 2.24) is 14.8 Å². The monoisotopic (exact) mass is 458 g/mol. The van der Waals surface area contributed by atoms with Crippen molar-refractivity contribution in [1.29, 1.82) is 0 Å². The van der Waals surface area contributed by atoms with Crippen molar-refractivity contribution in [3.63, 3.8) is 0 Å². The molecule has 0 bridgehead atoms. The summed E-state index contributed by atoms with van der Waals surface area (Å²) in [6.07, 6.45) is 1.84. The maximum absolute atomic E-state index is 13.3. The number of rotatable bonds is 4. The summed E-state index contributed by atoms with van der Waals surface area (Å²) in [4.78, 5) is 34.5. The Balaban J connectivity index is 1.43. The van der Waals surface area contributed by atoms with E-state index < -0.39 is 6.09 Å². The zero-order valence-electron chi connectivity index (χ0n) is 17.9. The highest BCUT2D eigenvalue weighted by Gasteiger charge is 2.42. The first-order chi connectivity index (χ1) is 15.3. The molecule has 32 heavy (non-hydrogen) atoms. The van der Waals surface area contributed by atoms with Gasteiger partial charge in [-0.3, -0.25) is 4.79 Å². The molecule has 4 rings (SSSR count). The lowest BCUT2D eigenvalue weighted by Crippen LogP contribution is -2.44. The van der Waals surface area contributed by atoms with Crippen LogP contribution in [0.25, 0.3) is 0 Å². The first kappa shape index (κ1) is 22.2. The number of pyridine rings is 1. The molecular formula is C23H27ClN4O4. The second-order valence-electron chi connectivity index (χ2n) is 8.50. The van der Waals surface area contributed by atoms with E-state index in [-0.39, 0.29) is 29.5 Å². The van der Waals surface area contributed by atoms with E-state index in [1.54, 1.807) is 31.3 Å². The molecule has 2 fully saturated rings. The highest BCUT2D eigenvalue weighted by Crippen LogP contribution is 2.34. The van der Waals surface area contributed by atoms with Gasteiger partial charge in [-0.1, -0.05) is 23.7 Å². The van der Waals surface area contributed by atoms with Gasteiger partial charge in [-0.2, -0.15) is 0 Å². The lowest BCUT2D eigenvalue weighted by molar-refractivity contribution is -0.135. The molecule has 9 heteroatoms. The molecule has 0 aliphatic carbocycles. The van der Waals surface area contributed by atoms with Crippen LogP contribution in [0, 0.1) is 5.92 Å². The number of carbonyl (C=O) groups is 2. The number of nitrogens with zero attached hydrogens (tertiary/aromatic N) is 4. The van der Waals surface area contributed by atoms with Crippen LogP contribution < -0.4 is 4.90 Å². The molecule has 0 unspecified atom stereocenters. The number of benzene rings is 1. The first-order valence-electron chi connectivity index (χ1n) is 10.7. The predicted octanol–water partition coefficient (Wildman–Crippen LogP) is 3.26. The zero-order chi connectivity index (χ0) is 22.8. The van der Waals surface area contributed by atoms with Crippen molar-refractivity contribution in [2.45, 2.75) is 24.8 Å². The third-order valence-corrected chi connectivity index (χ3v) is 6.85. The van der Waals surface area contributed by atoms with Crippen LogP contribution in [0.4, 0.5) is 10.6 Å². The number of hydrogen-bond acceptors (Lipinski definition) is 5. The van der Waals surface area contributed by atoms with Gasteiger partial charge in [0.15, 0.2) is 0 Å². The van der Waals surface area contributed by atoms with Gasteiger partial charge in [0.1, 0.15) is 11.6 Å². The molecule has 2 atom stereocenters. The first-order valence-corrected chi connectivity index (χ1v) is 11.1. The van der Waals surface area contributed by atoms with Gasteiger partial charge in [-0.05, 0) is 42.7 Å². The van der Waals surface area contributed by atoms with Crippen LogP contribution in [0.5, 0.6) is 5.75 Å². The highest BCUT2D eigenvalue weighted by molar-refractivity contribution is 6.30. The molecule has 8 nitrogen and oxygen atoms in total. The van der Waals surface area contributed by atoms with Crippen LogP contribution in [-0.2, 0) is 4.79 Å². The van der Waals surface area contributed by atoms with Crippen molar-refractivity contribution in [3.05, 3.63) is 53.2 Å². The third kappa shape index (κ3) is 4.60. The fraction of sp³-hybridized carbons (Fsp3) is 0.435. The molecule has 2 aromatic rings. The fourth-order valence-electron chi connectivity index (χ4n) is 4.72. The number of piperidine rings is 1. The lowest BCUT2D eigenvalue weighted by atomic mass is 9.93. The number of aromatic hydroxyl groups is 1. The molecular weight excluding hydrogens is 432 g/mol. The van der Waals surface area contributed by atoms with Gasteiger partial charge >= 0.3 is 6.09 Å². The largest absolute Gasteiger partial charge is 0.506 e. The van der Waals surface area contributed by atoms with Crippen LogP contribution in [-0.4, -0.2) is 76.3 Å². The van der Waals surface area contributed by atoms with Gasteiger partial charge in [-0.25, -0.2) is 9.78 Å². The van der Waals surface area contributed by atoms with E-state index in [2.05, 4.69) is 9.88 Å². The number of carboxylic acid groups (broad SMARTS) is 1. The molecule has 170 valence electrons. The normalized spacial score (nSPS) is 21.6. The van der Waals surface area contributed by atoms with Crippen LogP contribution >= 0.6 is 11.6 Å². The average molecular weight is 459 g/mol. The lowest BCUT2D eigenvalue weighted by Gasteiger charge is -2.34. The Morgan fingerprint density at radius 3 is 2.38 bits per heavy atom. The molecule has 2 amide bonds. The van der Waals surface area contributed by atoms with E-state index >= 15 is 0 Å². The van der Waals surface area contributed by atoms with Crippen molar-refractivity contribution in [2.75, 3.05) is 38.1 Å². The molecule has 0 radical (unpaired) electrons. The molecule has 1 aromatic heterocycles. The minimum absolute atomic E-state index is 0.0866. The van der Waals surface area contributed by atoms with Crippen LogP contribution in [0.2, 0.25) is 5.02 Å². The van der Waals surface area contributed by atoms with Gasteiger partial charge in [0.25, 0.3) is 0 Å². The van der Waals surface area contributed by atoms with Gasteiger partial charge in [0.05, 0.1) is 12.2 Å². The van der Waals surface area contributed by atoms with E-state index in [0.717, 1.165) is 11.4 Å². The Hall–Kier alpha value is -3.00. The highest BCUT2D eigenvalue weighted by atomic mass is 35.5. The maximum atomic E-state index is 13.3. The summed E-state index contributed by atoms with van der Waals surface area (Å²) in [6.45, 7) is 2.29. The molecule has 3 heterocycles. The number of anilines is 1. The topological polar surface area (TPSA) is 97.2 Å². The van der Waals surface area contributed by atoms with Crippen molar-refractivity contribution < 1.29 is 19.8 Å². The summed E-state index contributed by atoms with van der Waals surface area (Å²) in [5, 5.41) is 19.6. The fourth-order valence-corrected chi connectivity index (χ4v) is 4.84. The Labute approximate surface area is 192 Å². The number of aromatic nitrogens is 1. The number of amides is 2. The molecule has 1 aromatic carbocycles. The summed E-state index contributed by atoms with van der Waals surface area (Å²) in [7, 11) is 1.56. The Bertz CT molecular complexity index is 961. The minimum Gasteiger partial charge on any atom is -0.506 e. The van der Waals surface area contributed by atoms with Gasteiger partial charge < -0.3 is 24.9 Å². The minimum atomic E-state index is -1.00. The van der Waals surface area contributed by atoms with Gasteiger partial charge in [-0.15, -0.1) is 0 Å². The summed E-state index contributed by atoms with van der Waals surface area (Å²) in [5.74, 6) is 0.815. The number of likely N-dealkylation sites (tertiary alicyclic amines) is 1. The Morgan fingerprint density at radius 2 is 1.78 bits per heavy atom. The summed E-state index contributed by atoms with van der Waals surface area (Å²) < 4.78 is 0. The summed E-state index contributed by atoms with van der Waals surface area (Å²) >= 11 is 6.02. The second kappa shape index (κ2) is 9.24. The zero-order valence-corrected chi connectivity index (χ0v) is 18.6. The Morgan fingerprint density at radius 1 is 1.09 bits per heavy atom. The van der Waals surface area contributed by atoms with Crippen molar-refractivity contribution >= 4 is 29.4 Å². The molecule has 2 N–H and O–H groups in total. The summed E-state index contributed by atoms with van der Waals surface area (Å²) in [6, 6.07) is 10.5. The quantitative estimate of drug-likeness (QED) is 0.729. The van der Waals surface area contributed by atoms with E-state index in [4.69, 9.17) is 11.6 Å². The second-order valence-corrected chi connectivity index (χ2v) is 8.93. The smallest absolute Gasteiger partial charge is 0.407 e. The number of hydrogen-bond donors (Lipinski definition) is 2. The van der Waals surface area contributed by atoms with E-state index in [0.29, 0.717) is 44.0 Å². The van der Waals surface area contributed by atoms with Crippen molar-refractivity contribution in [2.24, 2.45) is 5.92 Å². The summed E-state index contributed by atoms with van der Waals surface area (Å²) in [5.41, 5.74) is 0.982. The maximum Gasteiger partial charge on any atom is 0.407 e. The standard InChI is InChI=1S/C23H27ClN4O4/c1-26(23(31)32)20-14-28(13-19(20)15-2-4-17(24)5-3-15)22(30)16-8-10-27(11-9-16)21-7-6-18(29)12-25-21/h2-7,12,16,19-20,29H,8-11,13-14H2,1H3,(H,31,32)/t19-,20+/m0/s1. The Kier molecular flexibility index (Phi) is 6.41. The third-order valence-electron chi connectivity index (χ3n) is 6.60. The van der Waals surface area contributed by atoms with Gasteiger partial charge in [0, 0.05) is 50.1 Å². The van der Waals surface area contributed by atoms with Crippen molar-refractivity contribution in [3.8, 4) is 5.75 Å². The van der Waals surface area contributed by atoms with E-state index in [1.165, 1.54) is 11.1 Å². The molecule has 2 aliphatic heterocycles. The SMILES string of the molecule is CN(C(=O)O)[C@@H]1CN(C(=O)C2CCN(c3ccc(O)cn3)CC2)C[C@H]1c1ccc(Cl)cc1. The van der Waals surface area contributed by atoms with E-state index in [9.17, 15) is 19.8 Å². The van der Waals surface area contributed by atoms with Crippen LogP contribution in [0.15, 0.2) is 42.6 Å². The molecule has 2 aliphatic rings. The molecule has 0 saturated carbocycles. The van der Waals surface area contributed by atoms with E-state index in [1.807, 2.05) is 17.0 Å². The predicted molar refractivity (Wildman–Crippen MR) is 121 cm³/mol. The average Bonchev–Trinajstić information content (AvgIpc) is 3.24. The molecule has 0 spiro atoms. The van der Waals surface area contributed by atoms with Crippen LogP contribution in [0.3, 0.4) is 0 Å². The number of likely N-dealkylation sites (N-methyl/N-ethyl adjacent to an activating group) is 1. The van der Waals surface area contributed by atoms with Crippen LogP contribution in [0.1, 0.15) is 24.3 Å². The number of carbonyl (C=O) groups excluding carboxylic acids is 1. The molecule has 2 saturated heterocycles. The number of halogens is 1. The van der Waals surface area contributed by atoms with Gasteiger partial charge in [0.2, 0.25) is 5.91 Å².